The Balaban J connectivity index is 1.55. The first-order chi connectivity index (χ1) is 29.9. The smallest absolute Gasteiger partial charge is 0.333 e. The summed E-state index contributed by atoms with van der Waals surface area (Å²) in [6.07, 6.45) is -1.57. The number of Topliss-reactive ketones (excluding diaryl/α,β-unsaturated/α-hetero) is 1. The summed E-state index contributed by atoms with van der Waals surface area (Å²) < 4.78 is 22.2. The Morgan fingerprint density at radius 3 is 1.73 bits per heavy atom. The number of fused-ring (bicyclic) bond motifs is 1. The predicted molar refractivity (Wildman–Crippen MR) is 229 cm³/mol. The lowest BCUT2D eigenvalue weighted by atomic mass is 10.0. The minimum Gasteiger partial charge on any atom is -0.481 e. The van der Waals surface area contributed by atoms with Crippen molar-refractivity contribution in [1.82, 2.24) is 4.90 Å². The zero-order valence-electron chi connectivity index (χ0n) is 34.7. The second-order valence-corrected chi connectivity index (χ2v) is 17.2. The number of aliphatic carboxylic acids is 2. The standard InChI is InChI=1S/C46H45NO14S2/c1-25(2)42(54)58-18-16-30(22-34(48)49)44(56)60-33-20-27(5)38(61-45(57)31(23-35(50)51)17-19-59-43(55)26(3)4)40-39(33)62-46(63-40)36-37(52)32(21-28-12-8-6-9-13-28)47(41(36)53)24-29-14-10-7-11-15-29/h6-15,20,30-32H,1,3,16-19,21-24H2,2,4-5H3,(H,48,49)(H,50,51). The van der Waals surface area contributed by atoms with E-state index in [0.29, 0.717) is 0 Å². The maximum absolute atomic E-state index is 14.5. The fourth-order valence-electron chi connectivity index (χ4n) is 6.55. The molecule has 1 fully saturated rings. The number of carboxylic acid groups (broad SMARTS) is 2. The van der Waals surface area contributed by atoms with Gasteiger partial charge in [-0.3, -0.25) is 28.8 Å². The van der Waals surface area contributed by atoms with Crippen molar-refractivity contribution in [3.63, 3.8) is 0 Å². The van der Waals surface area contributed by atoms with Crippen molar-refractivity contribution < 1.29 is 67.5 Å². The number of esters is 4. The maximum atomic E-state index is 14.5. The predicted octanol–water partition coefficient (Wildman–Crippen LogP) is 6.64. The van der Waals surface area contributed by atoms with E-state index in [9.17, 15) is 48.6 Å². The number of hydrogen-bond acceptors (Lipinski definition) is 14. The summed E-state index contributed by atoms with van der Waals surface area (Å²) in [6, 6.07) is 18.8. The largest absolute Gasteiger partial charge is 0.481 e. The molecule has 0 aliphatic carbocycles. The number of carbonyl (C=O) groups excluding carboxylic acids is 6. The summed E-state index contributed by atoms with van der Waals surface area (Å²) in [5.41, 5.74) is 1.89. The summed E-state index contributed by atoms with van der Waals surface area (Å²) >= 11 is 1.84. The molecule has 2 aliphatic heterocycles. The Bertz CT molecular complexity index is 2310. The van der Waals surface area contributed by atoms with Crippen LogP contribution in [-0.2, 0) is 60.8 Å². The molecule has 1 saturated heterocycles. The van der Waals surface area contributed by atoms with Gasteiger partial charge in [0.1, 0.15) is 23.1 Å². The van der Waals surface area contributed by atoms with Crippen LogP contribution in [0.5, 0.6) is 11.5 Å². The van der Waals surface area contributed by atoms with Gasteiger partial charge in [0.05, 0.1) is 51.9 Å². The number of nitrogens with zero attached hydrogens (tertiary/aromatic N) is 1. The van der Waals surface area contributed by atoms with E-state index in [2.05, 4.69) is 13.2 Å². The Kier molecular flexibility index (Phi) is 16.3. The zero-order valence-corrected chi connectivity index (χ0v) is 36.3. The average molecular weight is 900 g/mol. The quantitative estimate of drug-likeness (QED) is 0.0526. The first kappa shape index (κ1) is 47.6. The van der Waals surface area contributed by atoms with E-state index >= 15 is 0 Å². The highest BCUT2D eigenvalue weighted by atomic mass is 32.2. The van der Waals surface area contributed by atoms with Crippen LogP contribution in [0, 0.1) is 18.8 Å². The molecule has 17 heteroatoms. The molecule has 0 radical (unpaired) electrons. The van der Waals surface area contributed by atoms with Crippen molar-refractivity contribution in [2.24, 2.45) is 11.8 Å². The van der Waals surface area contributed by atoms with E-state index in [1.807, 2.05) is 60.7 Å². The average Bonchev–Trinajstić information content (AvgIpc) is 3.76. The number of amides is 1. The minimum atomic E-state index is -1.32. The van der Waals surface area contributed by atoms with Gasteiger partial charge in [0.15, 0.2) is 5.78 Å². The van der Waals surface area contributed by atoms with Crippen LogP contribution < -0.4 is 9.47 Å². The van der Waals surface area contributed by atoms with Crippen LogP contribution in [0.25, 0.3) is 0 Å². The molecule has 0 saturated carbocycles. The highest BCUT2D eigenvalue weighted by molar-refractivity contribution is 8.25. The van der Waals surface area contributed by atoms with Crippen LogP contribution in [-0.4, -0.2) is 81.9 Å². The fourth-order valence-corrected chi connectivity index (χ4v) is 9.29. The minimum absolute atomic E-state index is 0.0779. The molecule has 0 aromatic heterocycles. The first-order valence-corrected chi connectivity index (χ1v) is 21.3. The molecule has 5 rings (SSSR count). The number of ketones is 1. The zero-order chi connectivity index (χ0) is 46.0. The number of likely N-dealkylation sites (tertiary alicyclic amines) is 1. The SMILES string of the molecule is C=C(C)C(=O)OCCC(CC(=O)O)C(=O)Oc1cc(C)c(OC(=O)C(CCOC(=O)C(=C)C)CC(=O)O)c2c1SC(=C1C(=O)C(Cc3ccccc3)N(Cc3ccccc3)C1=O)S2. The molecule has 0 bridgehead atoms. The highest BCUT2D eigenvalue weighted by Gasteiger charge is 2.47. The molecule has 2 N–H and O–H groups in total. The van der Waals surface area contributed by atoms with Gasteiger partial charge >= 0.3 is 35.8 Å². The van der Waals surface area contributed by atoms with Gasteiger partial charge in [-0.2, -0.15) is 0 Å². The van der Waals surface area contributed by atoms with Crippen LogP contribution in [0.3, 0.4) is 0 Å². The number of aryl methyl sites for hydroxylation is 1. The van der Waals surface area contributed by atoms with Gasteiger partial charge in [-0.25, -0.2) is 9.59 Å². The van der Waals surface area contributed by atoms with Gasteiger partial charge in [0.2, 0.25) is 0 Å². The van der Waals surface area contributed by atoms with E-state index in [-0.39, 0.29) is 86.8 Å². The molecule has 3 atom stereocenters. The third kappa shape index (κ3) is 12.3. The third-order valence-corrected chi connectivity index (χ3v) is 12.4. The number of rotatable bonds is 20. The van der Waals surface area contributed by atoms with Crippen LogP contribution in [0.4, 0.5) is 0 Å². The lowest BCUT2D eigenvalue weighted by Gasteiger charge is -2.23. The molecular formula is C46H45NO14S2. The first-order valence-electron chi connectivity index (χ1n) is 19.7. The second-order valence-electron chi connectivity index (χ2n) is 14.9. The fraction of sp³-hybridized carbons (Fsp3) is 0.304. The summed E-state index contributed by atoms with van der Waals surface area (Å²) in [5, 5.41) is 19.3. The number of carbonyl (C=O) groups is 8. The molecule has 3 aromatic rings. The van der Waals surface area contributed by atoms with Crippen LogP contribution in [0.2, 0.25) is 0 Å². The van der Waals surface area contributed by atoms with Crippen molar-refractivity contribution in [3.8, 4) is 11.5 Å². The van der Waals surface area contributed by atoms with Crippen molar-refractivity contribution in [2.45, 2.75) is 75.3 Å². The van der Waals surface area contributed by atoms with E-state index in [0.717, 1.165) is 34.7 Å². The lowest BCUT2D eigenvalue weighted by molar-refractivity contribution is -0.148. The molecule has 2 aliphatic rings. The van der Waals surface area contributed by atoms with Gasteiger partial charge in [-0.05, 0) is 56.4 Å². The second kappa shape index (κ2) is 21.6. The van der Waals surface area contributed by atoms with Crippen LogP contribution in [0.1, 0.15) is 56.2 Å². The van der Waals surface area contributed by atoms with Gasteiger partial charge < -0.3 is 34.1 Å². The van der Waals surface area contributed by atoms with Crippen molar-refractivity contribution in [2.75, 3.05) is 13.2 Å². The van der Waals surface area contributed by atoms with Crippen LogP contribution >= 0.6 is 23.5 Å². The molecule has 0 spiro atoms. The van der Waals surface area contributed by atoms with E-state index in [1.165, 1.54) is 31.7 Å². The lowest BCUT2D eigenvalue weighted by Crippen LogP contribution is -2.36. The normalized spacial score (nSPS) is 16.4. The van der Waals surface area contributed by atoms with Crippen molar-refractivity contribution in [3.05, 3.63) is 118 Å². The number of ether oxygens (including phenoxy) is 4. The maximum Gasteiger partial charge on any atom is 0.333 e. The number of benzene rings is 3. The summed E-state index contributed by atoms with van der Waals surface area (Å²) in [5.74, 6) is -9.86. The monoisotopic (exact) mass is 899 g/mol. The van der Waals surface area contributed by atoms with E-state index in [1.54, 1.807) is 0 Å². The topological polar surface area (TPSA) is 217 Å². The molecule has 1 amide bonds. The summed E-state index contributed by atoms with van der Waals surface area (Å²) in [7, 11) is 0. The molecule has 63 heavy (non-hydrogen) atoms. The van der Waals surface area contributed by atoms with Gasteiger partial charge in [0.25, 0.3) is 5.91 Å². The highest BCUT2D eigenvalue weighted by Crippen LogP contribution is 2.60. The van der Waals surface area contributed by atoms with Gasteiger partial charge in [-0.15, -0.1) is 0 Å². The third-order valence-electron chi connectivity index (χ3n) is 9.82. The summed E-state index contributed by atoms with van der Waals surface area (Å²) in [4.78, 5) is 106. The molecule has 3 unspecified atom stereocenters. The number of thioether (sulfide) groups is 2. The van der Waals surface area contributed by atoms with Crippen LogP contribution in [0.15, 0.2) is 111 Å². The molecular weight excluding hydrogens is 855 g/mol. The van der Waals surface area contributed by atoms with Crippen molar-refractivity contribution in [1.29, 1.82) is 0 Å². The Morgan fingerprint density at radius 1 is 0.730 bits per heavy atom. The Labute approximate surface area is 371 Å². The molecule has 2 heterocycles. The number of carboxylic acids is 2. The molecule has 3 aromatic carbocycles. The number of hydrogen-bond donors (Lipinski definition) is 2. The Hall–Kier alpha value is -6.46. The van der Waals surface area contributed by atoms with Gasteiger partial charge in [0, 0.05) is 24.1 Å². The molecule has 15 nitrogen and oxygen atoms in total. The van der Waals surface area contributed by atoms with E-state index < -0.39 is 78.2 Å². The Morgan fingerprint density at radius 2 is 1.22 bits per heavy atom. The summed E-state index contributed by atoms with van der Waals surface area (Å²) in [6.45, 7) is 10.9. The van der Waals surface area contributed by atoms with Crippen molar-refractivity contribution >= 4 is 71.0 Å². The molecule has 330 valence electrons. The van der Waals surface area contributed by atoms with Gasteiger partial charge in [-0.1, -0.05) is 97.3 Å². The van der Waals surface area contributed by atoms with E-state index in [4.69, 9.17) is 18.9 Å².